The summed E-state index contributed by atoms with van der Waals surface area (Å²) in [6.07, 6.45) is 2.02. The highest BCUT2D eigenvalue weighted by atomic mass is 16.6. The second kappa shape index (κ2) is 9.07. The molecular formula is C15H26N2O5. The molecule has 2 aliphatic rings. The standard InChI is InChI=1S/C15H26N2O5/c1-2-20-9-7-17-6-5-16-13(15(17)19)10-14(18)22-11-12-4-3-8-21-12/h12-13,16H,2-11H2,1H3. The molecule has 7 heteroatoms. The van der Waals surface area contributed by atoms with Gasteiger partial charge in [-0.25, -0.2) is 0 Å². The molecule has 2 saturated heterocycles. The van der Waals surface area contributed by atoms with Crippen LogP contribution in [0.15, 0.2) is 0 Å². The molecule has 2 rings (SSSR count). The topological polar surface area (TPSA) is 77.1 Å². The van der Waals surface area contributed by atoms with Crippen molar-refractivity contribution in [3.8, 4) is 0 Å². The van der Waals surface area contributed by atoms with E-state index in [9.17, 15) is 9.59 Å². The van der Waals surface area contributed by atoms with Crippen molar-refractivity contribution >= 4 is 11.9 Å². The molecule has 0 bridgehead atoms. The maximum Gasteiger partial charge on any atom is 0.308 e. The van der Waals surface area contributed by atoms with Crippen LogP contribution in [-0.2, 0) is 23.8 Å². The Hall–Kier alpha value is -1.18. The fraction of sp³-hybridized carbons (Fsp3) is 0.867. The highest BCUT2D eigenvalue weighted by molar-refractivity contribution is 5.87. The van der Waals surface area contributed by atoms with E-state index in [1.54, 1.807) is 4.90 Å². The Balaban J connectivity index is 1.70. The zero-order chi connectivity index (χ0) is 15.8. The molecule has 7 nitrogen and oxygen atoms in total. The van der Waals surface area contributed by atoms with Crippen molar-refractivity contribution in [1.82, 2.24) is 10.2 Å². The third-order valence-electron chi connectivity index (χ3n) is 3.92. The van der Waals surface area contributed by atoms with E-state index < -0.39 is 6.04 Å². The number of nitrogens with one attached hydrogen (secondary N) is 1. The summed E-state index contributed by atoms with van der Waals surface area (Å²) in [7, 11) is 0. The van der Waals surface area contributed by atoms with Gasteiger partial charge in [0.2, 0.25) is 5.91 Å². The van der Waals surface area contributed by atoms with E-state index in [0.29, 0.717) is 32.8 Å². The number of piperazine rings is 1. The first-order valence-corrected chi connectivity index (χ1v) is 8.08. The fourth-order valence-electron chi connectivity index (χ4n) is 2.68. The summed E-state index contributed by atoms with van der Waals surface area (Å²) in [5.41, 5.74) is 0. The van der Waals surface area contributed by atoms with Crippen LogP contribution >= 0.6 is 0 Å². The van der Waals surface area contributed by atoms with Gasteiger partial charge in [0.15, 0.2) is 0 Å². The van der Waals surface area contributed by atoms with Crippen LogP contribution in [0, 0.1) is 0 Å². The van der Waals surface area contributed by atoms with Gasteiger partial charge in [0, 0.05) is 32.8 Å². The van der Waals surface area contributed by atoms with Gasteiger partial charge in [-0.05, 0) is 19.8 Å². The van der Waals surface area contributed by atoms with Crippen molar-refractivity contribution in [2.24, 2.45) is 0 Å². The molecule has 2 aliphatic heterocycles. The predicted octanol–water partition coefficient (Wildman–Crippen LogP) is -0.0644. The number of carbonyl (C=O) groups is 2. The lowest BCUT2D eigenvalue weighted by Crippen LogP contribution is -2.56. The van der Waals surface area contributed by atoms with Gasteiger partial charge in [-0.2, -0.15) is 0 Å². The Morgan fingerprint density at radius 1 is 1.50 bits per heavy atom. The lowest BCUT2D eigenvalue weighted by Gasteiger charge is -2.32. The van der Waals surface area contributed by atoms with Crippen LogP contribution in [0.1, 0.15) is 26.2 Å². The number of ether oxygens (including phenoxy) is 3. The average molecular weight is 314 g/mol. The summed E-state index contributed by atoms with van der Waals surface area (Å²) in [6, 6.07) is -0.493. The Morgan fingerprint density at radius 2 is 2.36 bits per heavy atom. The molecule has 2 unspecified atom stereocenters. The number of esters is 1. The lowest BCUT2D eigenvalue weighted by molar-refractivity contribution is -0.151. The van der Waals surface area contributed by atoms with Crippen molar-refractivity contribution in [3.63, 3.8) is 0 Å². The number of nitrogens with zero attached hydrogens (tertiary/aromatic N) is 1. The largest absolute Gasteiger partial charge is 0.463 e. The fourth-order valence-corrected chi connectivity index (χ4v) is 2.68. The summed E-state index contributed by atoms with van der Waals surface area (Å²) in [6.45, 7) is 6.00. The van der Waals surface area contributed by atoms with Gasteiger partial charge >= 0.3 is 5.97 Å². The predicted molar refractivity (Wildman–Crippen MR) is 79.4 cm³/mol. The summed E-state index contributed by atoms with van der Waals surface area (Å²) in [5.74, 6) is -0.409. The smallest absolute Gasteiger partial charge is 0.308 e. The monoisotopic (exact) mass is 314 g/mol. The highest BCUT2D eigenvalue weighted by Crippen LogP contribution is 2.13. The van der Waals surface area contributed by atoms with Crippen molar-refractivity contribution < 1.29 is 23.8 Å². The minimum Gasteiger partial charge on any atom is -0.463 e. The number of hydrogen-bond donors (Lipinski definition) is 1. The molecule has 2 heterocycles. The van der Waals surface area contributed by atoms with Crippen LogP contribution in [0.5, 0.6) is 0 Å². The van der Waals surface area contributed by atoms with E-state index in [1.165, 1.54) is 0 Å². The van der Waals surface area contributed by atoms with Gasteiger partial charge < -0.3 is 24.4 Å². The zero-order valence-corrected chi connectivity index (χ0v) is 13.2. The van der Waals surface area contributed by atoms with Gasteiger partial charge in [0.05, 0.1) is 25.2 Å². The molecule has 1 N–H and O–H groups in total. The molecule has 0 spiro atoms. The Kier molecular flexibility index (Phi) is 7.08. The molecule has 0 aromatic carbocycles. The molecule has 126 valence electrons. The molecule has 0 aromatic heterocycles. The minimum absolute atomic E-state index is 0.0154. The average Bonchev–Trinajstić information content (AvgIpc) is 3.02. The van der Waals surface area contributed by atoms with Crippen molar-refractivity contribution in [2.45, 2.75) is 38.3 Å². The van der Waals surface area contributed by atoms with Gasteiger partial charge in [0.1, 0.15) is 6.61 Å². The molecule has 1 amide bonds. The third-order valence-corrected chi connectivity index (χ3v) is 3.92. The summed E-state index contributed by atoms with van der Waals surface area (Å²) in [4.78, 5) is 25.9. The minimum atomic E-state index is -0.493. The maximum absolute atomic E-state index is 12.3. The lowest BCUT2D eigenvalue weighted by atomic mass is 10.1. The van der Waals surface area contributed by atoms with E-state index >= 15 is 0 Å². The molecule has 22 heavy (non-hydrogen) atoms. The van der Waals surface area contributed by atoms with E-state index in [0.717, 1.165) is 19.4 Å². The number of rotatable bonds is 8. The van der Waals surface area contributed by atoms with Gasteiger partial charge in [-0.3, -0.25) is 9.59 Å². The Morgan fingerprint density at radius 3 is 3.09 bits per heavy atom. The SMILES string of the molecule is CCOCCN1CCNC(CC(=O)OCC2CCCO2)C1=O. The van der Waals surface area contributed by atoms with Crippen LogP contribution in [0.4, 0.5) is 0 Å². The molecular weight excluding hydrogens is 288 g/mol. The summed E-state index contributed by atoms with van der Waals surface area (Å²) >= 11 is 0. The Labute approximate surface area is 131 Å². The molecule has 0 radical (unpaired) electrons. The van der Waals surface area contributed by atoms with Crippen molar-refractivity contribution in [3.05, 3.63) is 0 Å². The van der Waals surface area contributed by atoms with Crippen LogP contribution in [0.3, 0.4) is 0 Å². The molecule has 2 fully saturated rings. The van der Waals surface area contributed by atoms with Crippen molar-refractivity contribution in [2.75, 3.05) is 46.1 Å². The number of carbonyl (C=O) groups excluding carboxylic acids is 2. The molecule has 2 atom stereocenters. The second-order valence-electron chi connectivity index (χ2n) is 5.55. The van der Waals surface area contributed by atoms with E-state index in [-0.39, 0.29) is 31.0 Å². The first kappa shape index (κ1) is 17.2. The molecule has 0 aromatic rings. The zero-order valence-electron chi connectivity index (χ0n) is 13.2. The number of hydrogen-bond acceptors (Lipinski definition) is 6. The van der Waals surface area contributed by atoms with Gasteiger partial charge in [-0.15, -0.1) is 0 Å². The third kappa shape index (κ3) is 5.23. The first-order chi connectivity index (χ1) is 10.7. The second-order valence-corrected chi connectivity index (χ2v) is 5.55. The number of amides is 1. The highest BCUT2D eigenvalue weighted by Gasteiger charge is 2.30. The first-order valence-electron chi connectivity index (χ1n) is 8.08. The van der Waals surface area contributed by atoms with Crippen LogP contribution in [-0.4, -0.2) is 75.0 Å². The van der Waals surface area contributed by atoms with Crippen LogP contribution in [0.25, 0.3) is 0 Å². The van der Waals surface area contributed by atoms with Crippen LogP contribution in [0.2, 0.25) is 0 Å². The molecule has 0 saturated carbocycles. The maximum atomic E-state index is 12.3. The van der Waals surface area contributed by atoms with Crippen LogP contribution < -0.4 is 5.32 Å². The van der Waals surface area contributed by atoms with E-state index in [4.69, 9.17) is 14.2 Å². The van der Waals surface area contributed by atoms with E-state index in [1.807, 2.05) is 6.92 Å². The Bertz CT molecular complexity index is 371. The van der Waals surface area contributed by atoms with Crippen molar-refractivity contribution in [1.29, 1.82) is 0 Å². The summed E-state index contributed by atoms with van der Waals surface area (Å²) < 4.78 is 15.9. The quantitative estimate of drug-likeness (QED) is 0.499. The summed E-state index contributed by atoms with van der Waals surface area (Å²) in [5, 5.41) is 3.08. The molecule has 0 aliphatic carbocycles. The van der Waals surface area contributed by atoms with Gasteiger partial charge in [0.25, 0.3) is 0 Å². The van der Waals surface area contributed by atoms with Gasteiger partial charge in [-0.1, -0.05) is 0 Å². The normalized spacial score (nSPS) is 25.5. The van der Waals surface area contributed by atoms with E-state index in [2.05, 4.69) is 5.32 Å².